The monoisotopic (exact) mass is 546 g/mol. The van der Waals surface area contributed by atoms with Crippen LogP contribution >= 0.6 is 0 Å². The number of esters is 2. The van der Waals surface area contributed by atoms with E-state index < -0.39 is 76.2 Å². The summed E-state index contributed by atoms with van der Waals surface area (Å²) in [4.78, 5) is 67.6. The van der Waals surface area contributed by atoms with Gasteiger partial charge in [-0.15, -0.1) is 0 Å². The van der Waals surface area contributed by atoms with Gasteiger partial charge in [-0.25, -0.2) is 9.59 Å². The topological polar surface area (TPSA) is 167 Å². The molecule has 1 fully saturated rings. The number of carbonyl (C=O) groups is 4. The third-order valence-electron chi connectivity index (χ3n) is 9.17. The quantitative estimate of drug-likeness (QED) is 0.453. The fraction of sp³-hybridized carbons (Fsp3) is 0.345. The molecule has 40 heavy (non-hydrogen) atoms. The first-order valence-electron chi connectivity index (χ1n) is 12.6. The number of rotatable bonds is 2. The molecule has 3 aliphatic carbocycles. The second kappa shape index (κ2) is 7.36. The van der Waals surface area contributed by atoms with Crippen LogP contribution in [0.4, 0.5) is 0 Å². The lowest BCUT2D eigenvalue weighted by Gasteiger charge is -2.47. The van der Waals surface area contributed by atoms with Gasteiger partial charge in [0.15, 0.2) is 11.6 Å². The Morgan fingerprint density at radius 3 is 2.35 bits per heavy atom. The number of phenolic OH excluding ortho intramolecular Hbond substituents is 2. The highest BCUT2D eigenvalue weighted by Gasteiger charge is 2.80. The highest BCUT2D eigenvalue weighted by molar-refractivity contribution is 6.19. The zero-order valence-electron chi connectivity index (χ0n) is 21.7. The van der Waals surface area contributed by atoms with Crippen LogP contribution in [0.25, 0.3) is 10.8 Å². The number of methoxy groups -OCH3 is 1. The van der Waals surface area contributed by atoms with E-state index in [2.05, 4.69) is 0 Å². The molecule has 2 bridgehead atoms. The Kier molecular flexibility index (Phi) is 4.51. The van der Waals surface area contributed by atoms with Gasteiger partial charge in [0, 0.05) is 25.0 Å². The van der Waals surface area contributed by atoms with Crippen molar-refractivity contribution >= 4 is 34.3 Å². The maximum atomic E-state index is 14.6. The largest absolute Gasteiger partial charge is 0.507 e. The lowest BCUT2D eigenvalue weighted by molar-refractivity contribution is -0.154. The summed E-state index contributed by atoms with van der Waals surface area (Å²) < 4.78 is 22.8. The molecule has 2 aromatic carbocycles. The standard InChI is InChI=1S/C29H22O11/c1-9-5-14(32)18-20-15(9)23(34)21-25(40-11(3)30)28(20,8-39-27(18)36)24-22(33)12-7-38-26(35)17-13(31)6-10(2)19(16(12)17)29(21,24)37-4/h5-7,21,24-25,31-32H,8H2,1-4H3/t21?,24-,25-,28-,29?/m1/s1. The Hall–Kier alpha value is -4.51. The first kappa shape index (κ1) is 24.5. The van der Waals surface area contributed by atoms with Crippen molar-refractivity contribution in [3.05, 3.63) is 67.8 Å². The number of ether oxygens (including phenoxy) is 3. The number of hydrogen-bond donors (Lipinski definition) is 2. The van der Waals surface area contributed by atoms with Crippen LogP contribution in [0.15, 0.2) is 27.6 Å². The van der Waals surface area contributed by atoms with Gasteiger partial charge in [0.25, 0.3) is 0 Å². The summed E-state index contributed by atoms with van der Waals surface area (Å²) in [6.45, 7) is 3.94. The molecule has 204 valence electrons. The van der Waals surface area contributed by atoms with Crippen molar-refractivity contribution in [1.82, 2.24) is 0 Å². The van der Waals surface area contributed by atoms with E-state index in [1.165, 1.54) is 19.2 Å². The van der Waals surface area contributed by atoms with Crippen molar-refractivity contribution < 1.29 is 48.0 Å². The number of fused-ring (bicyclic) bond motifs is 4. The first-order valence-corrected chi connectivity index (χ1v) is 12.6. The molecule has 11 heteroatoms. The van der Waals surface area contributed by atoms with Crippen LogP contribution in [-0.2, 0) is 30.0 Å². The summed E-state index contributed by atoms with van der Waals surface area (Å²) in [6, 6.07) is 2.61. The second-order valence-electron chi connectivity index (χ2n) is 10.9. The first-order chi connectivity index (χ1) is 18.9. The molecule has 1 aliphatic heterocycles. The number of phenols is 2. The Labute approximate surface area is 225 Å². The molecular formula is C29H22O11. The van der Waals surface area contributed by atoms with Crippen LogP contribution in [0.1, 0.15) is 60.3 Å². The predicted octanol–water partition coefficient (Wildman–Crippen LogP) is 2.34. The zero-order chi connectivity index (χ0) is 28.6. The van der Waals surface area contributed by atoms with E-state index in [9.17, 15) is 34.2 Å². The molecule has 2 heterocycles. The van der Waals surface area contributed by atoms with Crippen LogP contribution in [0.5, 0.6) is 11.5 Å². The molecule has 0 radical (unpaired) electrons. The van der Waals surface area contributed by atoms with Crippen molar-refractivity contribution in [2.45, 2.75) is 37.9 Å². The minimum atomic E-state index is -1.83. The van der Waals surface area contributed by atoms with Crippen molar-refractivity contribution in [1.29, 1.82) is 0 Å². The minimum absolute atomic E-state index is 0.0471. The van der Waals surface area contributed by atoms with Gasteiger partial charge in [0.1, 0.15) is 47.0 Å². The van der Waals surface area contributed by atoms with Crippen molar-refractivity contribution in [2.75, 3.05) is 13.7 Å². The van der Waals surface area contributed by atoms with Gasteiger partial charge >= 0.3 is 17.6 Å². The maximum Gasteiger partial charge on any atom is 0.347 e. The summed E-state index contributed by atoms with van der Waals surface area (Å²) in [7, 11) is 1.31. The molecule has 2 N–H and O–H groups in total. The van der Waals surface area contributed by atoms with E-state index in [0.29, 0.717) is 11.1 Å². The van der Waals surface area contributed by atoms with Gasteiger partial charge in [0.05, 0.1) is 22.8 Å². The third-order valence-corrected chi connectivity index (χ3v) is 9.17. The number of carbonyl (C=O) groups excluding carboxylic acids is 4. The number of hydrogen-bond acceptors (Lipinski definition) is 11. The smallest absolute Gasteiger partial charge is 0.347 e. The van der Waals surface area contributed by atoms with Gasteiger partial charge in [-0.2, -0.15) is 0 Å². The number of ketones is 2. The average molecular weight is 546 g/mol. The van der Waals surface area contributed by atoms with Crippen LogP contribution in [0.3, 0.4) is 0 Å². The summed E-state index contributed by atoms with van der Waals surface area (Å²) in [6.07, 6.45) is -0.353. The zero-order valence-corrected chi connectivity index (χ0v) is 21.7. The van der Waals surface area contributed by atoms with E-state index in [0.717, 1.165) is 13.2 Å². The highest BCUT2D eigenvalue weighted by atomic mass is 16.6. The number of cyclic esters (lactones) is 1. The van der Waals surface area contributed by atoms with Crippen LogP contribution in [0, 0.1) is 25.7 Å². The molecule has 7 rings (SSSR count). The lowest BCUT2D eigenvalue weighted by atomic mass is 9.59. The molecule has 0 saturated heterocycles. The maximum absolute atomic E-state index is 14.6. The summed E-state index contributed by atoms with van der Waals surface area (Å²) in [5.41, 5.74) is -3.47. The fourth-order valence-electron chi connectivity index (χ4n) is 8.08. The van der Waals surface area contributed by atoms with Crippen molar-refractivity contribution in [3.63, 3.8) is 0 Å². The van der Waals surface area contributed by atoms with Crippen molar-refractivity contribution in [3.8, 4) is 11.5 Å². The predicted molar refractivity (Wildman–Crippen MR) is 134 cm³/mol. The Balaban J connectivity index is 1.73. The molecule has 3 aromatic rings. The Morgan fingerprint density at radius 2 is 1.68 bits per heavy atom. The minimum Gasteiger partial charge on any atom is -0.507 e. The van der Waals surface area contributed by atoms with Gasteiger partial charge in [-0.05, 0) is 48.2 Å². The number of aromatic hydroxyl groups is 2. The highest BCUT2D eigenvalue weighted by Crippen LogP contribution is 2.70. The van der Waals surface area contributed by atoms with E-state index >= 15 is 0 Å². The summed E-state index contributed by atoms with van der Waals surface area (Å²) in [5.74, 6) is -6.33. The fourth-order valence-corrected chi connectivity index (χ4v) is 8.08. The Morgan fingerprint density at radius 1 is 0.975 bits per heavy atom. The van der Waals surface area contributed by atoms with Gasteiger partial charge < -0.3 is 28.8 Å². The number of aryl methyl sites for hydroxylation is 2. The second-order valence-corrected chi connectivity index (χ2v) is 10.9. The lowest BCUT2D eigenvalue weighted by Crippen LogP contribution is -2.57. The van der Waals surface area contributed by atoms with Crippen LogP contribution in [-0.4, -0.2) is 53.5 Å². The van der Waals surface area contributed by atoms with Gasteiger partial charge in [0.2, 0.25) is 0 Å². The van der Waals surface area contributed by atoms with Gasteiger partial charge in [-0.1, -0.05) is 0 Å². The number of benzene rings is 2. The Bertz CT molecular complexity index is 1850. The third kappa shape index (κ3) is 2.40. The number of Topliss-reactive ketones (excluding diaryl/α,β-unsaturated/α-hetero) is 2. The summed E-state index contributed by atoms with van der Waals surface area (Å²) in [5, 5.41) is 21.5. The van der Waals surface area contributed by atoms with Crippen molar-refractivity contribution in [2.24, 2.45) is 11.8 Å². The van der Waals surface area contributed by atoms with E-state index in [4.69, 9.17) is 18.6 Å². The normalized spacial score (nSPS) is 29.2. The van der Waals surface area contributed by atoms with Crippen LogP contribution in [0.2, 0.25) is 0 Å². The molecule has 1 saturated carbocycles. The average Bonchev–Trinajstić information content (AvgIpc) is 3.06. The molecule has 2 unspecified atom stereocenters. The molecular weight excluding hydrogens is 524 g/mol. The summed E-state index contributed by atoms with van der Waals surface area (Å²) >= 11 is 0. The molecule has 0 amide bonds. The van der Waals surface area contributed by atoms with Crippen LogP contribution < -0.4 is 5.63 Å². The van der Waals surface area contributed by atoms with E-state index in [1.807, 2.05) is 0 Å². The molecule has 4 aliphatic rings. The van der Waals surface area contributed by atoms with Gasteiger partial charge in [-0.3, -0.25) is 14.4 Å². The molecule has 1 spiro atoms. The molecule has 1 aromatic heterocycles. The SMILES string of the molecule is COC12c3c(C)cc(O)c4c(=O)occ(c34)C(=O)[C@@H]1[C@@]13COC(=O)c4c(O)cc(C)c(c41)C(=O)C2[C@H]3OC(C)=O. The van der Waals surface area contributed by atoms with E-state index in [1.54, 1.807) is 13.8 Å². The molecule has 5 atom stereocenters. The van der Waals surface area contributed by atoms with E-state index in [-0.39, 0.29) is 38.6 Å². The molecule has 11 nitrogen and oxygen atoms in total.